The van der Waals surface area contributed by atoms with Gasteiger partial charge >= 0.3 is 0 Å². The number of hydrogen-bond donors (Lipinski definition) is 0. The normalized spacial score (nSPS) is 36.8. The molecule has 1 saturated carbocycles. The summed E-state index contributed by atoms with van der Waals surface area (Å²) < 4.78 is 0. The molecule has 0 N–H and O–H groups in total. The predicted octanol–water partition coefficient (Wildman–Crippen LogP) is 4.14. The second-order valence-electron chi connectivity index (χ2n) is 7.89. The second kappa shape index (κ2) is 7.06. The Balaban J connectivity index is 1.92. The molecule has 1 aliphatic heterocycles. The highest BCUT2D eigenvalue weighted by atomic mass is 16.1. The number of nitrogens with zero attached hydrogens (tertiary/aromatic N) is 1. The van der Waals surface area contributed by atoms with Crippen LogP contribution in [0, 0.1) is 23.2 Å². The Morgan fingerprint density at radius 1 is 1.20 bits per heavy atom. The monoisotopic (exact) mass is 279 g/mol. The summed E-state index contributed by atoms with van der Waals surface area (Å²) >= 11 is 0. The molecular weight excluding hydrogens is 246 g/mol. The molecule has 2 rings (SSSR count). The van der Waals surface area contributed by atoms with Crippen LogP contribution in [0.1, 0.15) is 65.7 Å². The quantitative estimate of drug-likeness (QED) is 0.721. The van der Waals surface area contributed by atoms with Gasteiger partial charge in [-0.15, -0.1) is 0 Å². The maximum Gasteiger partial charge on any atom is 0.127 e. The lowest BCUT2D eigenvalue weighted by Crippen LogP contribution is -2.42. The van der Waals surface area contributed by atoms with Gasteiger partial charge in [-0.05, 0) is 62.9 Å². The van der Waals surface area contributed by atoms with Crippen LogP contribution in [0.5, 0.6) is 0 Å². The van der Waals surface area contributed by atoms with Gasteiger partial charge in [0.1, 0.15) is 6.29 Å². The average molecular weight is 279 g/mol. The molecule has 0 bridgehead atoms. The van der Waals surface area contributed by atoms with Gasteiger partial charge in [0, 0.05) is 12.0 Å². The topological polar surface area (TPSA) is 20.3 Å². The molecule has 2 aliphatic rings. The summed E-state index contributed by atoms with van der Waals surface area (Å²) in [6.45, 7) is 10.5. The minimum absolute atomic E-state index is 0.0324. The van der Waals surface area contributed by atoms with E-state index in [0.29, 0.717) is 0 Å². The molecule has 1 aliphatic carbocycles. The van der Waals surface area contributed by atoms with Crippen molar-refractivity contribution in [2.45, 2.75) is 65.7 Å². The van der Waals surface area contributed by atoms with Crippen molar-refractivity contribution in [2.24, 2.45) is 23.2 Å². The van der Waals surface area contributed by atoms with Crippen LogP contribution in [0.25, 0.3) is 0 Å². The van der Waals surface area contributed by atoms with Crippen LogP contribution in [0.3, 0.4) is 0 Å². The van der Waals surface area contributed by atoms with Crippen LogP contribution in [0.15, 0.2) is 0 Å². The zero-order chi connectivity index (χ0) is 14.6. The minimum Gasteiger partial charge on any atom is -0.303 e. The van der Waals surface area contributed by atoms with Crippen molar-refractivity contribution in [3.05, 3.63) is 0 Å². The van der Waals surface area contributed by atoms with Crippen LogP contribution in [-0.4, -0.2) is 30.8 Å². The number of carbonyl (C=O) groups is 1. The van der Waals surface area contributed by atoms with Gasteiger partial charge in [0.25, 0.3) is 0 Å². The van der Waals surface area contributed by atoms with Crippen molar-refractivity contribution in [3.63, 3.8) is 0 Å². The van der Waals surface area contributed by atoms with Gasteiger partial charge in [-0.1, -0.05) is 33.6 Å². The van der Waals surface area contributed by atoms with Crippen molar-refractivity contribution in [1.82, 2.24) is 4.90 Å². The zero-order valence-corrected chi connectivity index (χ0v) is 13.7. The summed E-state index contributed by atoms with van der Waals surface area (Å²) in [5.41, 5.74) is -0.0324. The van der Waals surface area contributed by atoms with Gasteiger partial charge in [0.2, 0.25) is 0 Å². The molecule has 116 valence electrons. The lowest BCUT2D eigenvalue weighted by molar-refractivity contribution is -0.120. The fraction of sp³-hybridized carbons (Fsp3) is 0.944. The van der Waals surface area contributed by atoms with Crippen LogP contribution in [-0.2, 0) is 4.79 Å². The number of carbonyl (C=O) groups excluding carboxylic acids is 1. The van der Waals surface area contributed by atoms with Crippen LogP contribution in [0.4, 0.5) is 0 Å². The molecule has 0 aromatic heterocycles. The third-order valence-corrected chi connectivity index (χ3v) is 5.72. The van der Waals surface area contributed by atoms with Crippen LogP contribution in [0.2, 0.25) is 0 Å². The third kappa shape index (κ3) is 4.07. The number of hydrogen-bond acceptors (Lipinski definition) is 2. The molecule has 0 radical (unpaired) electrons. The van der Waals surface area contributed by atoms with Crippen molar-refractivity contribution < 1.29 is 4.79 Å². The fourth-order valence-corrected chi connectivity index (χ4v) is 4.44. The van der Waals surface area contributed by atoms with Gasteiger partial charge in [0.15, 0.2) is 0 Å². The van der Waals surface area contributed by atoms with E-state index in [1.165, 1.54) is 51.5 Å². The van der Waals surface area contributed by atoms with Crippen molar-refractivity contribution in [1.29, 1.82) is 0 Å². The first-order valence-electron chi connectivity index (χ1n) is 8.73. The van der Waals surface area contributed by atoms with E-state index in [1.54, 1.807) is 0 Å². The molecule has 1 heterocycles. The van der Waals surface area contributed by atoms with Gasteiger partial charge in [0.05, 0.1) is 0 Å². The molecule has 2 fully saturated rings. The summed E-state index contributed by atoms with van der Waals surface area (Å²) in [4.78, 5) is 14.3. The Labute approximate surface area is 125 Å². The maximum atomic E-state index is 11.7. The smallest absolute Gasteiger partial charge is 0.127 e. The molecule has 0 aromatic rings. The predicted molar refractivity (Wildman–Crippen MR) is 84.7 cm³/mol. The van der Waals surface area contributed by atoms with Gasteiger partial charge in [-0.3, -0.25) is 0 Å². The molecular formula is C18H33NO. The summed E-state index contributed by atoms with van der Waals surface area (Å²) in [6, 6.07) is 0. The summed E-state index contributed by atoms with van der Waals surface area (Å²) in [5.74, 6) is 2.42. The first kappa shape index (κ1) is 16.0. The maximum absolute atomic E-state index is 11.7. The molecule has 0 spiro atoms. The first-order valence-corrected chi connectivity index (χ1v) is 8.73. The second-order valence-corrected chi connectivity index (χ2v) is 7.89. The highest BCUT2D eigenvalue weighted by Crippen LogP contribution is 2.39. The Kier molecular flexibility index (Phi) is 5.65. The van der Waals surface area contributed by atoms with Crippen molar-refractivity contribution in [2.75, 3.05) is 19.6 Å². The molecule has 1 saturated heterocycles. The van der Waals surface area contributed by atoms with E-state index in [9.17, 15) is 4.79 Å². The Hall–Kier alpha value is -0.370. The largest absolute Gasteiger partial charge is 0.303 e. The highest BCUT2D eigenvalue weighted by molar-refractivity contribution is 5.60. The summed E-state index contributed by atoms with van der Waals surface area (Å²) in [5, 5.41) is 0. The van der Waals surface area contributed by atoms with E-state index < -0.39 is 0 Å². The Morgan fingerprint density at radius 2 is 2.00 bits per heavy atom. The van der Waals surface area contributed by atoms with E-state index in [2.05, 4.69) is 25.7 Å². The van der Waals surface area contributed by atoms with Gasteiger partial charge in [-0.2, -0.15) is 0 Å². The number of aldehydes is 1. The minimum atomic E-state index is -0.0324. The van der Waals surface area contributed by atoms with Crippen LogP contribution >= 0.6 is 0 Å². The Morgan fingerprint density at radius 3 is 2.65 bits per heavy atom. The Bertz CT molecular complexity index is 315. The van der Waals surface area contributed by atoms with E-state index in [-0.39, 0.29) is 5.41 Å². The SMILES string of the molecule is CC1CCCC(C=O)(CN2CCCC(C(C)C)CC2)C1. The van der Waals surface area contributed by atoms with E-state index >= 15 is 0 Å². The average Bonchev–Trinajstić information content (AvgIpc) is 2.64. The molecule has 0 amide bonds. The lowest BCUT2D eigenvalue weighted by atomic mass is 9.70. The molecule has 20 heavy (non-hydrogen) atoms. The van der Waals surface area contributed by atoms with E-state index in [0.717, 1.165) is 37.1 Å². The van der Waals surface area contributed by atoms with E-state index in [4.69, 9.17) is 0 Å². The lowest BCUT2D eigenvalue weighted by Gasteiger charge is -2.39. The molecule has 0 aromatic carbocycles. The first-order chi connectivity index (χ1) is 9.54. The number of likely N-dealkylation sites (tertiary alicyclic amines) is 1. The van der Waals surface area contributed by atoms with Gasteiger partial charge in [-0.25, -0.2) is 0 Å². The summed E-state index contributed by atoms with van der Waals surface area (Å²) in [7, 11) is 0. The van der Waals surface area contributed by atoms with Gasteiger partial charge < -0.3 is 9.69 Å². The standard InChI is InChI=1S/C18H33NO/c1-15(2)17-7-5-10-19(11-8-17)13-18(14-20)9-4-6-16(3)12-18/h14-17H,4-13H2,1-3H3. The number of rotatable bonds is 4. The summed E-state index contributed by atoms with van der Waals surface area (Å²) in [6.07, 6.45) is 10.1. The molecule has 3 atom stereocenters. The molecule has 3 unspecified atom stereocenters. The van der Waals surface area contributed by atoms with Crippen LogP contribution < -0.4 is 0 Å². The highest BCUT2D eigenvalue weighted by Gasteiger charge is 2.36. The zero-order valence-electron chi connectivity index (χ0n) is 13.7. The van der Waals surface area contributed by atoms with Crippen molar-refractivity contribution >= 4 is 6.29 Å². The fourth-order valence-electron chi connectivity index (χ4n) is 4.44. The van der Waals surface area contributed by atoms with E-state index in [1.807, 2.05) is 0 Å². The molecule has 2 heteroatoms. The third-order valence-electron chi connectivity index (χ3n) is 5.72. The molecule has 2 nitrogen and oxygen atoms in total. The van der Waals surface area contributed by atoms with Crippen molar-refractivity contribution in [3.8, 4) is 0 Å².